The monoisotopic (exact) mass is 451 g/mol. The highest BCUT2D eigenvalue weighted by Gasteiger charge is 2.32. The summed E-state index contributed by atoms with van der Waals surface area (Å²) in [5.74, 6) is 0.935. The summed E-state index contributed by atoms with van der Waals surface area (Å²) >= 11 is 0. The van der Waals surface area contributed by atoms with Crippen LogP contribution in [0.3, 0.4) is 0 Å². The van der Waals surface area contributed by atoms with Crippen molar-refractivity contribution in [1.82, 2.24) is 9.80 Å². The van der Waals surface area contributed by atoms with Gasteiger partial charge in [-0.2, -0.15) is 0 Å². The molecule has 4 rings (SSSR count). The van der Waals surface area contributed by atoms with Crippen molar-refractivity contribution in [2.24, 2.45) is 0 Å². The Labute approximate surface area is 193 Å². The third-order valence-electron chi connectivity index (χ3n) is 6.10. The zero-order valence-corrected chi connectivity index (χ0v) is 19.0. The smallest absolute Gasteiger partial charge is 0.267 e. The predicted octanol–water partition coefficient (Wildman–Crippen LogP) is 2.57. The molecule has 0 aliphatic carbocycles. The van der Waals surface area contributed by atoms with Gasteiger partial charge < -0.3 is 24.2 Å². The van der Waals surface area contributed by atoms with E-state index in [0.29, 0.717) is 61.9 Å². The Kier molecular flexibility index (Phi) is 6.82. The van der Waals surface area contributed by atoms with E-state index in [9.17, 15) is 14.4 Å². The van der Waals surface area contributed by atoms with Gasteiger partial charge in [0, 0.05) is 39.1 Å². The molecule has 2 aromatic carbocycles. The van der Waals surface area contributed by atoms with Gasteiger partial charge >= 0.3 is 0 Å². The number of methoxy groups -OCH3 is 1. The zero-order chi connectivity index (χ0) is 23.4. The minimum atomic E-state index is -0.581. The first kappa shape index (κ1) is 22.6. The van der Waals surface area contributed by atoms with E-state index in [1.54, 1.807) is 40.9 Å². The maximum Gasteiger partial charge on any atom is 0.267 e. The maximum absolute atomic E-state index is 13.0. The van der Waals surface area contributed by atoms with Gasteiger partial charge in [0.2, 0.25) is 5.91 Å². The van der Waals surface area contributed by atoms with E-state index in [4.69, 9.17) is 9.47 Å². The molecule has 8 nitrogen and oxygen atoms in total. The quantitative estimate of drug-likeness (QED) is 0.698. The fourth-order valence-corrected chi connectivity index (χ4v) is 4.32. The molecule has 0 radical (unpaired) electrons. The van der Waals surface area contributed by atoms with Gasteiger partial charge in [-0.25, -0.2) is 0 Å². The van der Waals surface area contributed by atoms with Crippen molar-refractivity contribution in [3.8, 4) is 11.5 Å². The van der Waals surface area contributed by atoms with Crippen LogP contribution >= 0.6 is 0 Å². The van der Waals surface area contributed by atoms with Crippen LogP contribution in [0, 0.1) is 0 Å². The number of ether oxygens (including phenoxy) is 2. The number of para-hydroxylation sites is 3. The van der Waals surface area contributed by atoms with E-state index in [1.165, 1.54) is 0 Å². The Hall–Kier alpha value is -3.55. The zero-order valence-electron chi connectivity index (χ0n) is 19.0. The van der Waals surface area contributed by atoms with E-state index >= 15 is 0 Å². The molecule has 0 bridgehead atoms. The van der Waals surface area contributed by atoms with Crippen molar-refractivity contribution < 1.29 is 23.9 Å². The summed E-state index contributed by atoms with van der Waals surface area (Å²) in [7, 11) is 1.55. The van der Waals surface area contributed by atoms with Crippen molar-refractivity contribution in [3.63, 3.8) is 0 Å². The normalized spacial score (nSPS) is 18.3. The standard InChI is InChI=1S/C25H29N3O5/c1-18-24(30)28(20-9-4-6-11-22(20)33-18)15-12-23(29)26-13-7-14-27(17-16-26)25(31)19-8-3-5-10-21(19)32-2/h3-6,8-11,18H,7,12-17H2,1-2H3. The van der Waals surface area contributed by atoms with Gasteiger partial charge in [0.05, 0.1) is 18.4 Å². The summed E-state index contributed by atoms with van der Waals surface area (Å²) in [6, 6.07) is 14.5. The van der Waals surface area contributed by atoms with Crippen molar-refractivity contribution >= 4 is 23.4 Å². The molecule has 0 saturated carbocycles. The predicted molar refractivity (Wildman–Crippen MR) is 124 cm³/mol. The summed E-state index contributed by atoms with van der Waals surface area (Å²) in [5.41, 5.74) is 1.22. The van der Waals surface area contributed by atoms with Crippen LogP contribution in [0.1, 0.15) is 30.1 Å². The highest BCUT2D eigenvalue weighted by molar-refractivity contribution is 6.00. The first-order valence-corrected chi connectivity index (χ1v) is 11.3. The van der Waals surface area contributed by atoms with Crippen LogP contribution in [-0.2, 0) is 9.59 Å². The lowest BCUT2D eigenvalue weighted by Gasteiger charge is -2.33. The molecule has 0 N–H and O–H groups in total. The number of fused-ring (bicyclic) bond motifs is 1. The van der Waals surface area contributed by atoms with Gasteiger partial charge in [0.1, 0.15) is 11.5 Å². The van der Waals surface area contributed by atoms with Crippen molar-refractivity contribution in [1.29, 1.82) is 0 Å². The second kappa shape index (κ2) is 9.94. The van der Waals surface area contributed by atoms with Crippen molar-refractivity contribution in [2.75, 3.05) is 44.7 Å². The highest BCUT2D eigenvalue weighted by Crippen LogP contribution is 2.33. The van der Waals surface area contributed by atoms with Crippen LogP contribution in [0.2, 0.25) is 0 Å². The van der Waals surface area contributed by atoms with Crippen molar-refractivity contribution in [2.45, 2.75) is 25.9 Å². The highest BCUT2D eigenvalue weighted by atomic mass is 16.5. The van der Waals surface area contributed by atoms with E-state index in [1.807, 2.05) is 36.4 Å². The van der Waals surface area contributed by atoms with Gasteiger partial charge in [0.15, 0.2) is 6.10 Å². The van der Waals surface area contributed by atoms with E-state index in [2.05, 4.69) is 0 Å². The summed E-state index contributed by atoms with van der Waals surface area (Å²) in [4.78, 5) is 43.8. The number of hydrogen-bond acceptors (Lipinski definition) is 5. The number of anilines is 1. The van der Waals surface area contributed by atoms with Crippen LogP contribution in [0.5, 0.6) is 11.5 Å². The molecular weight excluding hydrogens is 422 g/mol. The molecule has 2 aliphatic heterocycles. The molecule has 2 aliphatic rings. The lowest BCUT2D eigenvalue weighted by Crippen LogP contribution is -2.46. The average molecular weight is 452 g/mol. The SMILES string of the molecule is COc1ccccc1C(=O)N1CCCN(C(=O)CCN2C(=O)C(C)Oc3ccccc32)CC1. The van der Waals surface area contributed by atoms with Crippen LogP contribution in [-0.4, -0.2) is 73.5 Å². The molecule has 2 heterocycles. The number of rotatable bonds is 5. The van der Waals surface area contributed by atoms with Gasteiger partial charge in [-0.3, -0.25) is 14.4 Å². The molecule has 3 amide bonds. The number of carbonyl (C=O) groups excluding carboxylic acids is 3. The Morgan fingerprint density at radius 3 is 2.52 bits per heavy atom. The number of carbonyl (C=O) groups is 3. The Bertz CT molecular complexity index is 1040. The summed E-state index contributed by atoms with van der Waals surface area (Å²) < 4.78 is 11.0. The molecule has 0 spiro atoms. The van der Waals surface area contributed by atoms with Crippen LogP contribution in [0.25, 0.3) is 0 Å². The van der Waals surface area contributed by atoms with Crippen molar-refractivity contribution in [3.05, 3.63) is 54.1 Å². The minimum absolute atomic E-state index is 0.0222. The van der Waals surface area contributed by atoms with Gasteiger partial charge in [-0.1, -0.05) is 24.3 Å². The van der Waals surface area contributed by atoms with E-state index in [-0.39, 0.29) is 24.1 Å². The van der Waals surface area contributed by atoms with Crippen LogP contribution in [0.15, 0.2) is 48.5 Å². The summed E-state index contributed by atoms with van der Waals surface area (Å²) in [6.07, 6.45) is 0.332. The molecule has 0 aromatic heterocycles. The molecule has 174 valence electrons. The summed E-state index contributed by atoms with van der Waals surface area (Å²) in [5, 5.41) is 0. The lowest BCUT2D eigenvalue weighted by molar-refractivity contribution is -0.131. The molecule has 1 saturated heterocycles. The third kappa shape index (κ3) is 4.79. The molecular formula is C25H29N3O5. The molecule has 1 atom stereocenters. The second-order valence-electron chi connectivity index (χ2n) is 8.19. The summed E-state index contributed by atoms with van der Waals surface area (Å²) in [6.45, 7) is 4.09. The van der Waals surface area contributed by atoms with Crippen LogP contribution in [0.4, 0.5) is 5.69 Å². The Morgan fingerprint density at radius 1 is 1.00 bits per heavy atom. The van der Waals surface area contributed by atoms with Gasteiger partial charge in [0.25, 0.3) is 11.8 Å². The van der Waals surface area contributed by atoms with Crippen LogP contribution < -0.4 is 14.4 Å². The largest absolute Gasteiger partial charge is 0.496 e. The first-order valence-electron chi connectivity index (χ1n) is 11.3. The topological polar surface area (TPSA) is 79.4 Å². The maximum atomic E-state index is 13.0. The van der Waals surface area contributed by atoms with E-state index < -0.39 is 6.10 Å². The lowest BCUT2D eigenvalue weighted by atomic mass is 10.1. The Balaban J connectivity index is 1.37. The molecule has 33 heavy (non-hydrogen) atoms. The average Bonchev–Trinajstić information content (AvgIpc) is 3.10. The third-order valence-corrected chi connectivity index (χ3v) is 6.10. The van der Waals surface area contributed by atoms with Gasteiger partial charge in [-0.15, -0.1) is 0 Å². The fourth-order valence-electron chi connectivity index (χ4n) is 4.32. The Morgan fingerprint density at radius 2 is 1.70 bits per heavy atom. The molecule has 8 heteroatoms. The molecule has 2 aromatic rings. The first-order chi connectivity index (χ1) is 16.0. The minimum Gasteiger partial charge on any atom is -0.496 e. The molecule has 1 fully saturated rings. The second-order valence-corrected chi connectivity index (χ2v) is 8.19. The number of amides is 3. The number of nitrogens with zero attached hydrogens (tertiary/aromatic N) is 3. The number of hydrogen-bond donors (Lipinski definition) is 0. The number of benzene rings is 2. The fraction of sp³-hybridized carbons (Fsp3) is 0.400. The molecule has 1 unspecified atom stereocenters. The van der Waals surface area contributed by atoms with E-state index in [0.717, 1.165) is 0 Å². The van der Waals surface area contributed by atoms with Gasteiger partial charge in [-0.05, 0) is 37.6 Å².